The quantitative estimate of drug-likeness (QED) is 0.589. The molecule has 8 heteroatoms. The van der Waals surface area contributed by atoms with Crippen LogP contribution in [0.25, 0.3) is 0 Å². The second-order valence-corrected chi connectivity index (χ2v) is 5.79. The SMILES string of the molecule is CC(=O)c1ccc(OCC(=O)O[C@@H](C)C(=O)Nc2ccc(Cl)cn2)cc1. The van der Waals surface area contributed by atoms with Crippen molar-refractivity contribution < 1.29 is 23.9 Å². The molecule has 1 N–H and O–H groups in total. The molecule has 26 heavy (non-hydrogen) atoms. The first-order valence-corrected chi connectivity index (χ1v) is 8.08. The van der Waals surface area contributed by atoms with Crippen molar-refractivity contribution >= 4 is 35.1 Å². The van der Waals surface area contributed by atoms with E-state index in [4.69, 9.17) is 21.1 Å². The average molecular weight is 377 g/mol. The summed E-state index contributed by atoms with van der Waals surface area (Å²) in [5.41, 5.74) is 0.543. The fourth-order valence-corrected chi connectivity index (χ4v) is 2.00. The lowest BCUT2D eigenvalue weighted by atomic mass is 10.1. The van der Waals surface area contributed by atoms with Crippen molar-refractivity contribution in [1.29, 1.82) is 0 Å². The molecule has 1 aromatic heterocycles. The average Bonchev–Trinajstić information content (AvgIpc) is 2.62. The third kappa shape index (κ3) is 5.86. The van der Waals surface area contributed by atoms with E-state index >= 15 is 0 Å². The van der Waals surface area contributed by atoms with E-state index in [1.54, 1.807) is 30.3 Å². The predicted octanol–water partition coefficient (Wildman–Crippen LogP) is 2.89. The molecule has 2 rings (SSSR count). The Balaban J connectivity index is 1.79. The lowest BCUT2D eigenvalue weighted by Crippen LogP contribution is -2.31. The molecule has 0 fully saturated rings. The number of aromatic nitrogens is 1. The Morgan fingerprint density at radius 1 is 1.15 bits per heavy atom. The van der Waals surface area contributed by atoms with Crippen molar-refractivity contribution in [3.8, 4) is 5.75 Å². The first-order chi connectivity index (χ1) is 12.3. The number of halogens is 1. The molecule has 2 aromatic rings. The van der Waals surface area contributed by atoms with Crippen LogP contribution >= 0.6 is 11.6 Å². The molecule has 0 saturated carbocycles. The number of hydrogen-bond acceptors (Lipinski definition) is 6. The van der Waals surface area contributed by atoms with Gasteiger partial charge in [0.25, 0.3) is 5.91 Å². The molecule has 0 aliphatic rings. The summed E-state index contributed by atoms with van der Waals surface area (Å²) in [6, 6.07) is 9.45. The fourth-order valence-electron chi connectivity index (χ4n) is 1.89. The summed E-state index contributed by atoms with van der Waals surface area (Å²) in [5, 5.41) is 2.95. The van der Waals surface area contributed by atoms with Gasteiger partial charge in [-0.1, -0.05) is 11.6 Å². The zero-order valence-electron chi connectivity index (χ0n) is 14.2. The topological polar surface area (TPSA) is 94.6 Å². The number of hydrogen-bond donors (Lipinski definition) is 1. The minimum absolute atomic E-state index is 0.0639. The summed E-state index contributed by atoms with van der Waals surface area (Å²) in [7, 11) is 0. The van der Waals surface area contributed by atoms with Crippen molar-refractivity contribution in [1.82, 2.24) is 4.98 Å². The molecule has 136 valence electrons. The number of benzene rings is 1. The highest BCUT2D eigenvalue weighted by molar-refractivity contribution is 6.30. The Labute approximate surface area is 155 Å². The Bertz CT molecular complexity index is 790. The number of Topliss-reactive ketones (excluding diaryl/α,β-unsaturated/α-hetero) is 1. The molecule has 0 aliphatic carbocycles. The van der Waals surface area contributed by atoms with Crippen LogP contribution in [-0.4, -0.2) is 35.4 Å². The number of ether oxygens (including phenoxy) is 2. The van der Waals surface area contributed by atoms with Crippen LogP contribution in [0, 0.1) is 0 Å². The Morgan fingerprint density at radius 2 is 1.85 bits per heavy atom. The van der Waals surface area contributed by atoms with Crippen molar-refractivity contribution in [2.75, 3.05) is 11.9 Å². The van der Waals surface area contributed by atoms with E-state index in [1.807, 2.05) is 0 Å². The Kier molecular flexibility index (Phi) is 6.68. The second kappa shape index (κ2) is 8.96. The van der Waals surface area contributed by atoms with Gasteiger partial charge in [-0.25, -0.2) is 9.78 Å². The maximum absolute atomic E-state index is 12.0. The molecule has 0 saturated heterocycles. The lowest BCUT2D eigenvalue weighted by molar-refractivity contribution is -0.155. The maximum Gasteiger partial charge on any atom is 0.344 e. The molecular weight excluding hydrogens is 360 g/mol. The van der Waals surface area contributed by atoms with Crippen LogP contribution in [0.2, 0.25) is 5.02 Å². The molecule has 7 nitrogen and oxygen atoms in total. The number of pyridine rings is 1. The predicted molar refractivity (Wildman–Crippen MR) is 95.4 cm³/mol. The normalized spacial score (nSPS) is 11.3. The van der Waals surface area contributed by atoms with E-state index in [0.29, 0.717) is 22.2 Å². The van der Waals surface area contributed by atoms with Crippen molar-refractivity contribution in [3.05, 3.63) is 53.2 Å². The minimum Gasteiger partial charge on any atom is -0.482 e. The monoisotopic (exact) mass is 376 g/mol. The summed E-state index contributed by atoms with van der Waals surface area (Å²) in [6.45, 7) is 2.53. The molecule has 0 unspecified atom stereocenters. The van der Waals surface area contributed by atoms with Crippen LogP contribution < -0.4 is 10.1 Å². The van der Waals surface area contributed by atoms with Crippen LogP contribution in [0.3, 0.4) is 0 Å². The Morgan fingerprint density at radius 3 is 2.42 bits per heavy atom. The van der Waals surface area contributed by atoms with E-state index in [2.05, 4.69) is 10.3 Å². The summed E-state index contributed by atoms with van der Waals surface area (Å²) < 4.78 is 10.3. The smallest absolute Gasteiger partial charge is 0.344 e. The van der Waals surface area contributed by atoms with Gasteiger partial charge in [0.05, 0.1) is 5.02 Å². The number of nitrogens with one attached hydrogen (secondary N) is 1. The molecular formula is C18H17ClN2O5. The summed E-state index contributed by atoms with van der Waals surface area (Å²) in [5.74, 6) is -0.587. The standard InChI is InChI=1S/C18H17ClN2O5/c1-11(22)13-3-6-15(7-4-13)25-10-17(23)26-12(2)18(24)21-16-8-5-14(19)9-20-16/h3-9,12H,10H2,1-2H3,(H,20,21,24)/t12-/m0/s1. The molecule has 0 bridgehead atoms. The van der Waals surface area contributed by atoms with E-state index in [9.17, 15) is 14.4 Å². The summed E-state index contributed by atoms with van der Waals surface area (Å²) in [6.07, 6.45) is 0.364. The van der Waals surface area contributed by atoms with Crippen LogP contribution in [0.15, 0.2) is 42.6 Å². The van der Waals surface area contributed by atoms with Gasteiger partial charge in [0.15, 0.2) is 18.5 Å². The van der Waals surface area contributed by atoms with E-state index in [0.717, 1.165) is 0 Å². The van der Waals surface area contributed by atoms with Crippen molar-refractivity contribution in [2.45, 2.75) is 20.0 Å². The van der Waals surface area contributed by atoms with Gasteiger partial charge < -0.3 is 14.8 Å². The zero-order chi connectivity index (χ0) is 19.1. The molecule has 0 aliphatic heterocycles. The number of esters is 1. The van der Waals surface area contributed by atoms with Crippen molar-refractivity contribution in [3.63, 3.8) is 0 Å². The molecule has 0 radical (unpaired) electrons. The van der Waals surface area contributed by atoms with Crippen LogP contribution in [-0.2, 0) is 14.3 Å². The first-order valence-electron chi connectivity index (χ1n) is 7.71. The van der Waals surface area contributed by atoms with Gasteiger partial charge >= 0.3 is 5.97 Å². The number of anilines is 1. The highest BCUT2D eigenvalue weighted by Crippen LogP contribution is 2.13. The molecule has 1 aromatic carbocycles. The number of nitrogens with zero attached hydrogens (tertiary/aromatic N) is 1. The zero-order valence-corrected chi connectivity index (χ0v) is 14.9. The van der Waals surface area contributed by atoms with Crippen LogP contribution in [0.1, 0.15) is 24.2 Å². The van der Waals surface area contributed by atoms with Gasteiger partial charge in [-0.2, -0.15) is 0 Å². The van der Waals surface area contributed by atoms with Crippen molar-refractivity contribution in [2.24, 2.45) is 0 Å². The van der Waals surface area contributed by atoms with E-state index < -0.39 is 18.0 Å². The highest BCUT2D eigenvalue weighted by Gasteiger charge is 2.18. The molecule has 1 amide bonds. The number of rotatable bonds is 7. The third-order valence-corrected chi connectivity index (χ3v) is 3.50. The lowest BCUT2D eigenvalue weighted by Gasteiger charge is -2.13. The second-order valence-electron chi connectivity index (χ2n) is 5.35. The number of carbonyl (C=O) groups excluding carboxylic acids is 3. The fraction of sp³-hybridized carbons (Fsp3) is 0.222. The van der Waals surface area contributed by atoms with Gasteiger partial charge in [-0.3, -0.25) is 9.59 Å². The third-order valence-electron chi connectivity index (χ3n) is 3.27. The van der Waals surface area contributed by atoms with Crippen LogP contribution in [0.5, 0.6) is 5.75 Å². The molecule has 1 heterocycles. The summed E-state index contributed by atoms with van der Waals surface area (Å²) >= 11 is 5.71. The molecule has 0 spiro atoms. The Hall–Kier alpha value is -2.93. The number of carbonyl (C=O) groups is 3. The maximum atomic E-state index is 12.0. The van der Waals surface area contributed by atoms with Gasteiger partial charge in [-0.15, -0.1) is 0 Å². The van der Waals surface area contributed by atoms with E-state index in [-0.39, 0.29) is 12.4 Å². The highest BCUT2D eigenvalue weighted by atomic mass is 35.5. The number of amides is 1. The van der Waals surface area contributed by atoms with Gasteiger partial charge in [0, 0.05) is 11.8 Å². The van der Waals surface area contributed by atoms with Gasteiger partial charge in [-0.05, 0) is 50.2 Å². The van der Waals surface area contributed by atoms with E-state index in [1.165, 1.54) is 26.1 Å². The number of ketones is 1. The first kappa shape index (κ1) is 19.4. The largest absolute Gasteiger partial charge is 0.482 e. The van der Waals surface area contributed by atoms with Crippen LogP contribution in [0.4, 0.5) is 5.82 Å². The molecule has 1 atom stereocenters. The van der Waals surface area contributed by atoms with Gasteiger partial charge in [0.1, 0.15) is 11.6 Å². The van der Waals surface area contributed by atoms with Gasteiger partial charge in [0.2, 0.25) is 0 Å². The minimum atomic E-state index is -1.02. The summed E-state index contributed by atoms with van der Waals surface area (Å²) in [4.78, 5) is 38.9.